The Morgan fingerprint density at radius 3 is 2.70 bits per heavy atom. The molecule has 2 atom stereocenters. The van der Waals surface area contributed by atoms with Crippen LogP contribution in [-0.2, 0) is 11.2 Å². The lowest BCUT2D eigenvalue weighted by Gasteiger charge is -2.38. The molecule has 0 amide bonds. The van der Waals surface area contributed by atoms with Crippen molar-refractivity contribution in [3.8, 4) is 11.5 Å². The number of hydrogen-bond donors (Lipinski definition) is 4. The van der Waals surface area contributed by atoms with Gasteiger partial charge in [0, 0.05) is 18.5 Å². The Morgan fingerprint density at radius 2 is 2.00 bits per heavy atom. The highest BCUT2D eigenvalue weighted by molar-refractivity contribution is 5.51. The second-order valence-corrected chi connectivity index (χ2v) is 5.69. The number of rotatable bonds is 2. The van der Waals surface area contributed by atoms with Crippen molar-refractivity contribution in [3.63, 3.8) is 0 Å². The summed E-state index contributed by atoms with van der Waals surface area (Å²) in [6.45, 7) is 2.41. The molecular formula is C15H22N2O3. The molecule has 5 nitrogen and oxygen atoms in total. The van der Waals surface area contributed by atoms with Gasteiger partial charge < -0.3 is 26.0 Å². The number of ether oxygens (including phenoxy) is 1. The van der Waals surface area contributed by atoms with E-state index >= 15 is 0 Å². The Bertz CT molecular complexity index is 486. The molecule has 0 aromatic heterocycles. The fraction of sp³-hybridized carbons (Fsp3) is 0.600. The van der Waals surface area contributed by atoms with Crippen LogP contribution >= 0.6 is 0 Å². The molecule has 5 N–H and O–H groups in total. The van der Waals surface area contributed by atoms with Crippen molar-refractivity contribution in [2.75, 3.05) is 19.6 Å². The number of piperidine rings is 1. The summed E-state index contributed by atoms with van der Waals surface area (Å²) in [5.41, 5.74) is 7.53. The first-order chi connectivity index (χ1) is 9.70. The molecule has 110 valence electrons. The molecule has 0 spiro atoms. The lowest BCUT2D eigenvalue weighted by atomic mass is 9.84. The summed E-state index contributed by atoms with van der Waals surface area (Å²) in [5, 5.41) is 23.2. The van der Waals surface area contributed by atoms with Crippen LogP contribution in [0.5, 0.6) is 11.5 Å². The molecule has 1 saturated heterocycles. The number of aromatic hydroxyl groups is 2. The van der Waals surface area contributed by atoms with Gasteiger partial charge in [-0.3, -0.25) is 0 Å². The minimum absolute atomic E-state index is 0.0109. The Labute approximate surface area is 118 Å². The maximum Gasteiger partial charge on any atom is 0.161 e. The molecule has 2 unspecified atom stereocenters. The highest BCUT2D eigenvalue weighted by atomic mass is 16.5. The Hall–Kier alpha value is -1.30. The standard InChI is InChI=1S/C15H22N2O3/c16-8-14-10-1-2-12(18)15(19)11(10)7-13(20-14)9-3-5-17-6-4-9/h1-2,9,13-14,17-19H,3-8,16H2. The first kappa shape index (κ1) is 13.7. The number of phenols is 2. The molecule has 0 aliphatic carbocycles. The van der Waals surface area contributed by atoms with E-state index in [-0.39, 0.29) is 23.7 Å². The van der Waals surface area contributed by atoms with Gasteiger partial charge >= 0.3 is 0 Å². The van der Waals surface area contributed by atoms with E-state index in [2.05, 4.69) is 5.32 Å². The molecule has 2 heterocycles. The summed E-state index contributed by atoms with van der Waals surface area (Å²) >= 11 is 0. The molecule has 3 rings (SSSR count). The van der Waals surface area contributed by atoms with Crippen LogP contribution in [0, 0.1) is 5.92 Å². The highest BCUT2D eigenvalue weighted by Crippen LogP contribution is 2.41. The molecule has 2 aliphatic rings. The number of benzene rings is 1. The normalized spacial score (nSPS) is 27.2. The zero-order chi connectivity index (χ0) is 14.1. The minimum Gasteiger partial charge on any atom is -0.504 e. The number of phenolic OH excluding ortho intramolecular Hbond substituents is 2. The molecule has 0 radical (unpaired) electrons. The van der Waals surface area contributed by atoms with E-state index in [1.807, 2.05) is 0 Å². The monoisotopic (exact) mass is 278 g/mol. The van der Waals surface area contributed by atoms with E-state index < -0.39 is 0 Å². The largest absolute Gasteiger partial charge is 0.504 e. The zero-order valence-electron chi connectivity index (χ0n) is 11.5. The first-order valence-electron chi connectivity index (χ1n) is 7.30. The summed E-state index contributed by atoms with van der Waals surface area (Å²) in [5.74, 6) is 0.411. The van der Waals surface area contributed by atoms with Crippen molar-refractivity contribution in [3.05, 3.63) is 23.3 Å². The molecule has 1 aromatic carbocycles. The van der Waals surface area contributed by atoms with Crippen LogP contribution in [0.25, 0.3) is 0 Å². The molecule has 2 aliphatic heterocycles. The van der Waals surface area contributed by atoms with Crippen molar-refractivity contribution in [1.82, 2.24) is 5.32 Å². The van der Waals surface area contributed by atoms with E-state index in [4.69, 9.17) is 10.5 Å². The van der Waals surface area contributed by atoms with Gasteiger partial charge in [-0.2, -0.15) is 0 Å². The fourth-order valence-corrected chi connectivity index (χ4v) is 3.37. The predicted octanol–water partition coefficient (Wildman–Crippen LogP) is 1.04. The van der Waals surface area contributed by atoms with Crippen LogP contribution in [0.1, 0.15) is 30.1 Å². The maximum absolute atomic E-state index is 10.1. The predicted molar refractivity (Wildman–Crippen MR) is 75.7 cm³/mol. The minimum atomic E-state index is -0.190. The van der Waals surface area contributed by atoms with E-state index in [1.165, 1.54) is 6.07 Å². The topological polar surface area (TPSA) is 87.7 Å². The summed E-state index contributed by atoms with van der Waals surface area (Å²) in [4.78, 5) is 0. The number of fused-ring (bicyclic) bond motifs is 1. The third-order valence-electron chi connectivity index (χ3n) is 4.51. The van der Waals surface area contributed by atoms with Crippen molar-refractivity contribution >= 4 is 0 Å². The van der Waals surface area contributed by atoms with Gasteiger partial charge in [0.05, 0.1) is 12.2 Å². The van der Waals surface area contributed by atoms with Crippen molar-refractivity contribution in [2.45, 2.75) is 31.5 Å². The average Bonchev–Trinajstić information content (AvgIpc) is 2.51. The van der Waals surface area contributed by atoms with Crippen LogP contribution in [0.2, 0.25) is 0 Å². The number of nitrogens with one attached hydrogen (secondary N) is 1. The van der Waals surface area contributed by atoms with Gasteiger partial charge in [0.2, 0.25) is 0 Å². The number of nitrogens with two attached hydrogens (primary N) is 1. The molecule has 0 saturated carbocycles. The Morgan fingerprint density at radius 1 is 1.25 bits per heavy atom. The molecular weight excluding hydrogens is 256 g/mol. The molecule has 1 fully saturated rings. The van der Waals surface area contributed by atoms with Crippen molar-refractivity contribution in [1.29, 1.82) is 0 Å². The summed E-state index contributed by atoms with van der Waals surface area (Å²) in [6.07, 6.45) is 2.70. The van der Waals surface area contributed by atoms with E-state index in [0.717, 1.165) is 37.1 Å². The lowest BCUT2D eigenvalue weighted by molar-refractivity contribution is -0.0580. The molecule has 0 bridgehead atoms. The van der Waals surface area contributed by atoms with Crippen LogP contribution in [0.15, 0.2) is 12.1 Å². The van der Waals surface area contributed by atoms with Gasteiger partial charge in [-0.25, -0.2) is 0 Å². The van der Waals surface area contributed by atoms with Gasteiger partial charge in [-0.1, -0.05) is 6.07 Å². The van der Waals surface area contributed by atoms with Gasteiger partial charge in [-0.05, 0) is 43.5 Å². The van der Waals surface area contributed by atoms with Gasteiger partial charge in [0.1, 0.15) is 0 Å². The van der Waals surface area contributed by atoms with E-state index in [1.54, 1.807) is 6.07 Å². The maximum atomic E-state index is 10.1. The van der Waals surface area contributed by atoms with Gasteiger partial charge in [0.15, 0.2) is 11.5 Å². The van der Waals surface area contributed by atoms with Crippen molar-refractivity contribution < 1.29 is 14.9 Å². The Kier molecular flexibility index (Phi) is 3.83. The van der Waals surface area contributed by atoms with Gasteiger partial charge in [0.25, 0.3) is 0 Å². The summed E-state index contributed by atoms with van der Waals surface area (Å²) < 4.78 is 6.15. The molecule has 1 aromatic rings. The smallest absolute Gasteiger partial charge is 0.161 e. The van der Waals surface area contributed by atoms with Crippen LogP contribution < -0.4 is 11.1 Å². The third-order valence-corrected chi connectivity index (χ3v) is 4.51. The second-order valence-electron chi connectivity index (χ2n) is 5.69. The quantitative estimate of drug-likeness (QED) is 0.607. The fourth-order valence-electron chi connectivity index (χ4n) is 3.37. The van der Waals surface area contributed by atoms with Crippen LogP contribution in [-0.4, -0.2) is 36.0 Å². The van der Waals surface area contributed by atoms with Gasteiger partial charge in [-0.15, -0.1) is 0 Å². The Balaban J connectivity index is 1.90. The highest BCUT2D eigenvalue weighted by Gasteiger charge is 2.34. The second kappa shape index (κ2) is 5.60. The van der Waals surface area contributed by atoms with E-state index in [9.17, 15) is 10.2 Å². The van der Waals surface area contributed by atoms with Crippen molar-refractivity contribution in [2.24, 2.45) is 11.7 Å². The summed E-state index contributed by atoms with van der Waals surface area (Å²) in [6, 6.07) is 3.31. The SMILES string of the molecule is NCC1OC(C2CCNCC2)Cc2c1ccc(O)c2O. The third kappa shape index (κ3) is 2.37. The zero-order valence-corrected chi connectivity index (χ0v) is 11.5. The number of hydrogen-bond acceptors (Lipinski definition) is 5. The van der Waals surface area contributed by atoms with E-state index in [0.29, 0.717) is 18.9 Å². The molecule has 5 heteroatoms. The first-order valence-corrected chi connectivity index (χ1v) is 7.30. The average molecular weight is 278 g/mol. The summed E-state index contributed by atoms with van der Waals surface area (Å²) in [7, 11) is 0. The van der Waals surface area contributed by atoms with Crippen LogP contribution in [0.4, 0.5) is 0 Å². The lowest BCUT2D eigenvalue weighted by Crippen LogP contribution is -2.40. The molecule has 20 heavy (non-hydrogen) atoms. The van der Waals surface area contributed by atoms with Crippen LogP contribution in [0.3, 0.4) is 0 Å².